The molecule has 85 valence electrons. The van der Waals surface area contributed by atoms with Crippen molar-refractivity contribution >= 4 is 32.9 Å². The van der Waals surface area contributed by atoms with Gasteiger partial charge in [-0.25, -0.2) is 0 Å². The summed E-state index contributed by atoms with van der Waals surface area (Å²) in [7, 11) is 0. The number of thiophene rings is 1. The number of furan rings is 1. The normalized spacial score (nSPS) is 11.3. The summed E-state index contributed by atoms with van der Waals surface area (Å²) in [5, 5.41) is 6.84. The molecule has 1 nitrogen and oxygen atoms in total. The van der Waals surface area contributed by atoms with Crippen molar-refractivity contribution in [3.63, 3.8) is 0 Å². The topological polar surface area (TPSA) is 13.1 Å². The Balaban J connectivity index is 2.08. The molecule has 0 fully saturated rings. The molecule has 0 unspecified atom stereocenters. The van der Waals surface area contributed by atoms with Gasteiger partial charge in [0.25, 0.3) is 0 Å². The Morgan fingerprint density at radius 1 is 0.889 bits per heavy atom. The number of benzene rings is 2. The van der Waals surface area contributed by atoms with Gasteiger partial charge in [0.1, 0.15) is 0 Å². The Hall–Kier alpha value is -2.06. The monoisotopic (exact) mass is 249 g/mol. The Bertz CT molecular complexity index is 766. The number of rotatable bonds is 1. The molecular weight excluding hydrogens is 240 g/mol. The van der Waals surface area contributed by atoms with Crippen LogP contribution in [-0.4, -0.2) is 0 Å². The summed E-state index contributed by atoms with van der Waals surface area (Å²) in [5.41, 5.74) is 0. The van der Waals surface area contributed by atoms with Crippen molar-refractivity contribution < 1.29 is 4.42 Å². The number of hydrogen-bond donors (Lipinski definition) is 0. The van der Waals surface area contributed by atoms with E-state index in [4.69, 9.17) is 4.42 Å². The van der Waals surface area contributed by atoms with Gasteiger partial charge in [0.15, 0.2) is 12.0 Å². The molecule has 0 bridgehead atoms. The molecule has 2 aromatic carbocycles. The van der Waals surface area contributed by atoms with Crippen LogP contribution in [0, 0.1) is 6.26 Å². The fourth-order valence-electron chi connectivity index (χ4n) is 2.27. The third-order valence-corrected chi connectivity index (χ3v) is 4.16. The van der Waals surface area contributed by atoms with E-state index in [1.165, 1.54) is 15.6 Å². The summed E-state index contributed by atoms with van der Waals surface area (Å²) >= 11 is 1.72. The van der Waals surface area contributed by atoms with Crippen molar-refractivity contribution in [1.82, 2.24) is 0 Å². The van der Waals surface area contributed by atoms with Crippen molar-refractivity contribution in [3.05, 3.63) is 60.2 Å². The molecule has 4 aromatic rings. The maximum atomic E-state index is 5.65. The maximum absolute atomic E-state index is 5.65. The average molecular weight is 249 g/mol. The van der Waals surface area contributed by atoms with Crippen molar-refractivity contribution in [2.24, 2.45) is 0 Å². The largest absolute Gasteiger partial charge is 0.451 e. The van der Waals surface area contributed by atoms with E-state index in [0.717, 1.165) is 16.5 Å². The van der Waals surface area contributed by atoms with Gasteiger partial charge >= 0.3 is 0 Å². The van der Waals surface area contributed by atoms with E-state index in [0.29, 0.717) is 0 Å². The molecule has 2 aromatic heterocycles. The molecule has 0 saturated heterocycles. The Morgan fingerprint density at radius 2 is 1.67 bits per heavy atom. The zero-order valence-corrected chi connectivity index (χ0v) is 10.3. The molecule has 0 aliphatic heterocycles. The molecule has 0 N–H and O–H groups in total. The first-order valence-corrected chi connectivity index (χ1v) is 6.67. The molecule has 4 rings (SSSR count). The van der Waals surface area contributed by atoms with E-state index in [1.54, 1.807) is 11.3 Å². The predicted octanol–water partition coefficient (Wildman–Crippen LogP) is 5.11. The second kappa shape index (κ2) is 3.72. The van der Waals surface area contributed by atoms with Crippen LogP contribution in [0.4, 0.5) is 0 Å². The zero-order chi connectivity index (χ0) is 11.9. The van der Waals surface area contributed by atoms with E-state index in [2.05, 4.69) is 42.0 Å². The highest BCUT2D eigenvalue weighted by Gasteiger charge is 2.13. The van der Waals surface area contributed by atoms with Crippen LogP contribution >= 0.6 is 11.3 Å². The van der Waals surface area contributed by atoms with Crippen molar-refractivity contribution in [1.29, 1.82) is 0 Å². The fourth-order valence-corrected chi connectivity index (χ4v) is 3.29. The zero-order valence-electron chi connectivity index (χ0n) is 9.51. The van der Waals surface area contributed by atoms with Crippen LogP contribution in [0.5, 0.6) is 0 Å². The van der Waals surface area contributed by atoms with Crippen LogP contribution in [0.3, 0.4) is 0 Å². The van der Waals surface area contributed by atoms with Gasteiger partial charge in [-0.15, -0.1) is 11.3 Å². The predicted molar refractivity (Wildman–Crippen MR) is 75.9 cm³/mol. The van der Waals surface area contributed by atoms with Crippen LogP contribution in [0.1, 0.15) is 0 Å². The van der Waals surface area contributed by atoms with Crippen LogP contribution < -0.4 is 0 Å². The highest BCUT2D eigenvalue weighted by molar-refractivity contribution is 7.15. The summed E-state index contributed by atoms with van der Waals surface area (Å²) in [4.78, 5) is 1.18. The maximum Gasteiger partial charge on any atom is 0.178 e. The molecule has 0 aliphatic rings. The van der Waals surface area contributed by atoms with E-state index < -0.39 is 0 Å². The smallest absolute Gasteiger partial charge is 0.178 e. The van der Waals surface area contributed by atoms with Gasteiger partial charge in [0.2, 0.25) is 0 Å². The summed E-state index contributed by atoms with van der Waals surface area (Å²) in [6, 6.07) is 16.5. The molecule has 2 heterocycles. The lowest BCUT2D eigenvalue weighted by Gasteiger charge is -1.95. The lowest BCUT2D eigenvalue weighted by molar-refractivity contribution is 0.580. The summed E-state index contributed by atoms with van der Waals surface area (Å²) in [5.74, 6) is 0.928. The SMILES string of the molecule is [c]1oc(-c2scc3ccccc23)c2ccccc12. The van der Waals surface area contributed by atoms with Crippen LogP contribution in [0.15, 0.2) is 58.3 Å². The van der Waals surface area contributed by atoms with Crippen LogP contribution in [-0.2, 0) is 0 Å². The lowest BCUT2D eigenvalue weighted by atomic mass is 10.1. The van der Waals surface area contributed by atoms with Gasteiger partial charge in [-0.1, -0.05) is 48.5 Å². The van der Waals surface area contributed by atoms with Crippen LogP contribution in [0.2, 0.25) is 0 Å². The Labute approximate surface area is 108 Å². The minimum absolute atomic E-state index is 0.928. The first kappa shape index (κ1) is 9.92. The first-order chi connectivity index (χ1) is 8.93. The summed E-state index contributed by atoms with van der Waals surface area (Å²) in [6.07, 6.45) is 2.97. The molecular formula is C16H9OS. The second-order valence-corrected chi connectivity index (χ2v) is 5.11. The number of hydrogen-bond acceptors (Lipinski definition) is 2. The highest BCUT2D eigenvalue weighted by Crippen LogP contribution is 2.39. The van der Waals surface area contributed by atoms with Gasteiger partial charge < -0.3 is 4.42 Å². The van der Waals surface area contributed by atoms with Gasteiger partial charge in [0.05, 0.1) is 4.88 Å². The fraction of sp³-hybridized carbons (Fsp3) is 0. The molecule has 2 heteroatoms. The minimum atomic E-state index is 0.928. The second-order valence-electron chi connectivity index (χ2n) is 4.23. The van der Waals surface area contributed by atoms with Gasteiger partial charge in [0, 0.05) is 16.2 Å². The highest BCUT2D eigenvalue weighted by atomic mass is 32.1. The van der Waals surface area contributed by atoms with E-state index in [1.807, 2.05) is 18.2 Å². The van der Waals surface area contributed by atoms with Gasteiger partial charge in [-0.05, 0) is 10.8 Å². The molecule has 0 amide bonds. The molecule has 0 saturated carbocycles. The van der Waals surface area contributed by atoms with Gasteiger partial charge in [-0.2, -0.15) is 0 Å². The van der Waals surface area contributed by atoms with Crippen molar-refractivity contribution in [3.8, 4) is 10.6 Å². The third-order valence-electron chi connectivity index (χ3n) is 3.15. The molecule has 18 heavy (non-hydrogen) atoms. The lowest BCUT2D eigenvalue weighted by Crippen LogP contribution is -1.71. The van der Waals surface area contributed by atoms with E-state index in [9.17, 15) is 0 Å². The van der Waals surface area contributed by atoms with Crippen molar-refractivity contribution in [2.75, 3.05) is 0 Å². The summed E-state index contributed by atoms with van der Waals surface area (Å²) < 4.78 is 5.65. The first-order valence-electron chi connectivity index (χ1n) is 5.79. The van der Waals surface area contributed by atoms with Crippen LogP contribution in [0.25, 0.3) is 32.2 Å². The Kier molecular flexibility index (Phi) is 2.05. The molecule has 1 radical (unpaired) electrons. The van der Waals surface area contributed by atoms with Crippen molar-refractivity contribution in [2.45, 2.75) is 0 Å². The quantitative estimate of drug-likeness (QED) is 0.456. The average Bonchev–Trinajstić information content (AvgIpc) is 3.01. The standard InChI is InChI=1S/C16H9OS/c1-3-7-13-11(5-1)9-17-15(13)16-14-8-4-2-6-12(14)10-18-16/h1-8,10H. The third kappa shape index (κ3) is 1.33. The molecule has 0 spiro atoms. The molecule has 0 aliphatic carbocycles. The number of fused-ring (bicyclic) bond motifs is 2. The Morgan fingerprint density at radius 3 is 2.61 bits per heavy atom. The molecule has 0 atom stereocenters. The summed E-state index contributed by atoms with van der Waals surface area (Å²) in [6.45, 7) is 0. The van der Waals surface area contributed by atoms with E-state index in [-0.39, 0.29) is 0 Å². The van der Waals surface area contributed by atoms with E-state index >= 15 is 0 Å². The minimum Gasteiger partial charge on any atom is -0.451 e. The van der Waals surface area contributed by atoms with Gasteiger partial charge in [-0.3, -0.25) is 0 Å².